The van der Waals surface area contributed by atoms with E-state index < -0.39 is 82.6 Å². The third-order valence-corrected chi connectivity index (χ3v) is 7.80. The lowest BCUT2D eigenvalue weighted by Crippen LogP contribution is -2.52. The summed E-state index contributed by atoms with van der Waals surface area (Å²) in [5, 5.41) is 44.1. The maximum Gasteiger partial charge on any atom is 0.202 e. The fourth-order valence-electron chi connectivity index (χ4n) is 5.66. The molecule has 11 nitrogen and oxygen atoms in total. The highest BCUT2D eigenvalue weighted by Crippen LogP contribution is 2.52. The molecule has 2 aromatic rings. The van der Waals surface area contributed by atoms with E-state index in [9.17, 15) is 34.8 Å². The third-order valence-electron chi connectivity index (χ3n) is 7.80. The molecule has 6 N–H and O–H groups in total. The van der Waals surface area contributed by atoms with Crippen molar-refractivity contribution in [2.45, 2.75) is 69.4 Å². The molecule has 12 heteroatoms. The van der Waals surface area contributed by atoms with Crippen LogP contribution >= 0.6 is 12.4 Å². The van der Waals surface area contributed by atoms with Crippen LogP contribution in [0.15, 0.2) is 18.2 Å². The number of Topliss-reactive ketones (excluding diaryl/α,β-unsaturated/α-hetero) is 1. The molecule has 2 aliphatic carbocycles. The van der Waals surface area contributed by atoms with Crippen LogP contribution < -0.4 is 10.5 Å². The molecule has 1 fully saturated rings. The Morgan fingerprint density at radius 1 is 1.13 bits per heavy atom. The van der Waals surface area contributed by atoms with Gasteiger partial charge >= 0.3 is 0 Å². The Kier molecular flexibility index (Phi) is 7.54. The Balaban J connectivity index is 0.00000353. The number of nitrogens with two attached hydrogens (primary N) is 1. The number of carbonyl (C=O) groups excluding carboxylic acids is 3. The second kappa shape index (κ2) is 10.2. The molecule has 0 unspecified atom stereocenters. The first-order valence-corrected chi connectivity index (χ1v) is 12.2. The molecule has 210 valence electrons. The minimum Gasteiger partial charge on any atom is -0.507 e. The van der Waals surface area contributed by atoms with Gasteiger partial charge in [-0.1, -0.05) is 12.1 Å². The maximum atomic E-state index is 13.6. The molecule has 0 spiro atoms. The van der Waals surface area contributed by atoms with Crippen molar-refractivity contribution in [2.75, 3.05) is 7.11 Å². The van der Waals surface area contributed by atoms with E-state index in [2.05, 4.69) is 0 Å². The van der Waals surface area contributed by atoms with Crippen LogP contribution in [0.5, 0.6) is 17.2 Å². The number of benzene rings is 2. The first-order valence-electron chi connectivity index (χ1n) is 12.2. The number of rotatable bonds is 4. The summed E-state index contributed by atoms with van der Waals surface area (Å²) in [6.07, 6.45) is -4.53. The number of aliphatic hydroxyl groups is 2. The summed E-state index contributed by atoms with van der Waals surface area (Å²) >= 11 is 0. The predicted molar refractivity (Wildman–Crippen MR) is 138 cm³/mol. The summed E-state index contributed by atoms with van der Waals surface area (Å²) in [5.41, 5.74) is 2.97. The molecule has 0 amide bonds. The average molecular weight is 564 g/mol. The van der Waals surface area contributed by atoms with E-state index in [1.165, 1.54) is 32.2 Å². The molecule has 0 saturated carbocycles. The van der Waals surface area contributed by atoms with Crippen molar-refractivity contribution in [3.63, 3.8) is 0 Å². The minimum absolute atomic E-state index is 0. The fraction of sp³-hybridized carbons (Fsp3) is 0.444. The average Bonchev–Trinajstić information content (AvgIpc) is 2.87. The molecule has 1 saturated heterocycles. The zero-order valence-electron chi connectivity index (χ0n) is 21.5. The number of hydrogen-bond donors (Lipinski definition) is 5. The third kappa shape index (κ3) is 4.39. The van der Waals surface area contributed by atoms with Crippen LogP contribution in [0.4, 0.5) is 0 Å². The van der Waals surface area contributed by atoms with Gasteiger partial charge in [-0.05, 0) is 19.9 Å². The number of phenols is 2. The van der Waals surface area contributed by atoms with Crippen molar-refractivity contribution < 1.29 is 49.0 Å². The molecule has 39 heavy (non-hydrogen) atoms. The van der Waals surface area contributed by atoms with Gasteiger partial charge in [-0.2, -0.15) is 0 Å². The molecule has 0 bridgehead atoms. The number of fused-ring (bicyclic) bond motifs is 3. The van der Waals surface area contributed by atoms with Crippen molar-refractivity contribution in [3.05, 3.63) is 51.6 Å². The summed E-state index contributed by atoms with van der Waals surface area (Å²) in [6.45, 7) is 2.79. The Morgan fingerprint density at radius 2 is 1.79 bits per heavy atom. The quantitative estimate of drug-likeness (QED) is 0.289. The first kappa shape index (κ1) is 28.9. The van der Waals surface area contributed by atoms with E-state index >= 15 is 0 Å². The zero-order chi connectivity index (χ0) is 27.7. The molecular weight excluding hydrogens is 534 g/mol. The number of halogens is 1. The molecule has 2 aromatic carbocycles. The van der Waals surface area contributed by atoms with Crippen molar-refractivity contribution in [1.29, 1.82) is 0 Å². The molecule has 6 atom stereocenters. The first-order chi connectivity index (χ1) is 17.9. The second-order valence-corrected chi connectivity index (χ2v) is 10.1. The zero-order valence-corrected chi connectivity index (χ0v) is 22.3. The monoisotopic (exact) mass is 563 g/mol. The number of ether oxygens (including phenoxy) is 3. The van der Waals surface area contributed by atoms with Crippen LogP contribution in [0, 0.1) is 0 Å². The van der Waals surface area contributed by atoms with Gasteiger partial charge in [0.15, 0.2) is 17.9 Å². The van der Waals surface area contributed by atoms with Gasteiger partial charge in [0.05, 0.1) is 42.1 Å². The van der Waals surface area contributed by atoms with Gasteiger partial charge in [-0.3, -0.25) is 14.4 Å². The number of methoxy groups -OCH3 is 1. The molecule has 1 heterocycles. The molecule has 0 radical (unpaired) electrons. The highest BCUT2D eigenvalue weighted by molar-refractivity contribution is 6.31. The van der Waals surface area contributed by atoms with Crippen LogP contribution in [-0.4, -0.2) is 75.0 Å². The Hall–Kier alpha value is -3.06. The Morgan fingerprint density at radius 3 is 2.41 bits per heavy atom. The molecule has 1 aliphatic heterocycles. The molecule has 5 rings (SSSR count). The summed E-state index contributed by atoms with van der Waals surface area (Å²) in [6, 6.07) is 3.75. The molecule has 3 aliphatic rings. The van der Waals surface area contributed by atoms with E-state index in [-0.39, 0.29) is 53.3 Å². The van der Waals surface area contributed by atoms with Crippen LogP contribution in [0.3, 0.4) is 0 Å². The number of aliphatic hydroxyl groups excluding tert-OH is 1. The summed E-state index contributed by atoms with van der Waals surface area (Å²) in [4.78, 5) is 39.6. The van der Waals surface area contributed by atoms with Crippen molar-refractivity contribution in [1.82, 2.24) is 0 Å². The van der Waals surface area contributed by atoms with E-state index in [1.54, 1.807) is 6.92 Å². The second-order valence-electron chi connectivity index (χ2n) is 10.1. The predicted octanol–water partition coefficient (Wildman–Crippen LogP) is 1.45. The fourth-order valence-corrected chi connectivity index (χ4v) is 5.66. The highest BCUT2D eigenvalue weighted by Gasteiger charge is 2.49. The summed E-state index contributed by atoms with van der Waals surface area (Å²) < 4.78 is 17.1. The topological polar surface area (TPSA) is 186 Å². The van der Waals surface area contributed by atoms with Crippen LogP contribution in [0.2, 0.25) is 0 Å². The van der Waals surface area contributed by atoms with Gasteiger partial charge in [0.2, 0.25) is 5.78 Å². The molecule has 0 aromatic heterocycles. The summed E-state index contributed by atoms with van der Waals surface area (Å²) in [5.74, 6) is -3.18. The van der Waals surface area contributed by atoms with Gasteiger partial charge < -0.3 is 40.4 Å². The van der Waals surface area contributed by atoms with Gasteiger partial charge in [0.25, 0.3) is 0 Å². The smallest absolute Gasteiger partial charge is 0.202 e. The number of phenolic OH excluding ortho intramolecular Hbond substituents is 2. The van der Waals surface area contributed by atoms with Gasteiger partial charge in [-0.25, -0.2) is 0 Å². The van der Waals surface area contributed by atoms with Crippen molar-refractivity contribution in [3.8, 4) is 17.2 Å². The van der Waals surface area contributed by atoms with E-state index in [0.717, 1.165) is 0 Å². The van der Waals surface area contributed by atoms with Crippen molar-refractivity contribution in [2.24, 2.45) is 5.73 Å². The van der Waals surface area contributed by atoms with Gasteiger partial charge in [0.1, 0.15) is 22.8 Å². The normalized spacial score (nSPS) is 29.5. The lowest BCUT2D eigenvalue weighted by Gasteiger charge is -2.42. The highest BCUT2D eigenvalue weighted by atomic mass is 35.5. The number of aromatic hydroxyl groups is 2. The summed E-state index contributed by atoms with van der Waals surface area (Å²) in [7, 11) is 1.34. The lowest BCUT2D eigenvalue weighted by atomic mass is 9.72. The van der Waals surface area contributed by atoms with Crippen molar-refractivity contribution >= 4 is 29.8 Å². The Labute approximate surface area is 229 Å². The SMILES string of the molecule is COc1cccc2c1C(=O)c1c(O)c3c(c(O)c1C2=O)C[C@@](O)(C(C)=O)C[C@@H]3O[C@H]1C[C@@H](N)[C@@H](O)[C@H](C)O1.Cl. The largest absolute Gasteiger partial charge is 0.507 e. The lowest BCUT2D eigenvalue weighted by molar-refractivity contribution is -0.247. The number of ketones is 3. The van der Waals surface area contributed by atoms with E-state index in [4.69, 9.17) is 19.9 Å². The molecular formula is C27H30ClNO10. The Bertz CT molecular complexity index is 1370. The number of hydrogen-bond acceptors (Lipinski definition) is 11. The van der Waals surface area contributed by atoms with Crippen LogP contribution in [0.25, 0.3) is 0 Å². The van der Waals surface area contributed by atoms with Gasteiger partial charge in [-0.15, -0.1) is 12.4 Å². The van der Waals surface area contributed by atoms with Gasteiger partial charge in [0, 0.05) is 42.0 Å². The van der Waals surface area contributed by atoms with Crippen LogP contribution in [-0.2, 0) is 20.7 Å². The minimum atomic E-state index is -2.00. The standard InChI is InChI=1S/C27H29NO10.ClH/c1-10-22(30)14(28)7-17(37-10)38-16-9-27(35,11(2)29)8-13-19(16)26(34)21-20(24(13)32)23(31)12-5-4-6-15(36-3)18(12)25(21)33;/h4-6,10,14,16-17,22,30,32,34-35H,7-9,28H2,1-3H3;1H/t10-,14+,16-,17-,22-,27-;/m0./s1. The maximum absolute atomic E-state index is 13.6. The number of carbonyl (C=O) groups is 3. The van der Waals surface area contributed by atoms with E-state index in [1.807, 2.05) is 0 Å². The van der Waals surface area contributed by atoms with Crippen LogP contribution in [0.1, 0.15) is 75.8 Å². The van der Waals surface area contributed by atoms with E-state index in [0.29, 0.717) is 0 Å².